The minimum Gasteiger partial charge on any atom is -0.417 e. The zero-order chi connectivity index (χ0) is 18.0. The smallest absolute Gasteiger partial charge is 0.417 e. The fourth-order valence-electron chi connectivity index (χ4n) is 2.70. The zero-order valence-electron chi connectivity index (χ0n) is 17.1. The van der Waals surface area contributed by atoms with Crippen molar-refractivity contribution in [1.29, 1.82) is 0 Å². The van der Waals surface area contributed by atoms with Crippen LogP contribution in [-0.2, 0) is 12.3 Å². The van der Waals surface area contributed by atoms with Crippen LogP contribution in [0.3, 0.4) is 0 Å². The Balaban J connectivity index is 6.00. The molecule has 0 aliphatic heterocycles. The van der Waals surface area contributed by atoms with Crippen LogP contribution in [0.1, 0.15) is 27.2 Å². The molecule has 0 aliphatic carbocycles. The molecule has 0 saturated carbocycles. The second-order valence-corrected chi connectivity index (χ2v) is 26.6. The molecule has 0 amide bonds. The lowest BCUT2D eigenvalue weighted by Crippen LogP contribution is -2.63. The van der Waals surface area contributed by atoms with Gasteiger partial charge in [-0.1, -0.05) is 20.8 Å². The van der Waals surface area contributed by atoms with Crippen molar-refractivity contribution in [3.8, 4) is 0 Å². The first-order chi connectivity index (χ1) is 9.51. The summed E-state index contributed by atoms with van der Waals surface area (Å²) in [5.74, 6) is 0.515. The van der Waals surface area contributed by atoms with Gasteiger partial charge in [0.2, 0.25) is 0 Å². The largest absolute Gasteiger partial charge is 0.473 e. The second-order valence-electron chi connectivity index (χ2n) is 9.51. The highest BCUT2D eigenvalue weighted by molar-refractivity contribution is 6.90. The third-order valence-corrected chi connectivity index (χ3v) is 15.8. The van der Waals surface area contributed by atoms with Gasteiger partial charge >= 0.3 is 8.80 Å². The van der Waals surface area contributed by atoms with Crippen LogP contribution in [0.4, 0.5) is 0 Å². The molecular weight excluding hydrogens is 341 g/mol. The van der Waals surface area contributed by atoms with Crippen molar-refractivity contribution >= 4 is 33.8 Å². The standard InChI is InChI=1S/C15H40O3Si4/c1-13-15(14(2)3)22(16-19(4,5)6,17-20(7,8)9)18-21(10,11)12/h14-15H,13H2,1-12H3. The molecule has 3 nitrogen and oxygen atoms in total. The van der Waals surface area contributed by atoms with E-state index in [1.54, 1.807) is 0 Å². The van der Waals surface area contributed by atoms with Gasteiger partial charge in [0.15, 0.2) is 25.0 Å². The number of rotatable bonds is 9. The van der Waals surface area contributed by atoms with E-state index in [-0.39, 0.29) is 0 Å². The lowest BCUT2D eigenvalue weighted by molar-refractivity contribution is 0.218. The highest BCUT2D eigenvalue weighted by Crippen LogP contribution is 2.40. The average molecular weight is 381 g/mol. The molecule has 0 bridgehead atoms. The summed E-state index contributed by atoms with van der Waals surface area (Å²) >= 11 is 0. The van der Waals surface area contributed by atoms with Crippen molar-refractivity contribution in [3.05, 3.63) is 0 Å². The molecule has 0 spiro atoms. The Hall–Kier alpha value is 0.748. The molecule has 0 saturated heterocycles. The molecule has 0 radical (unpaired) electrons. The summed E-state index contributed by atoms with van der Waals surface area (Å²) in [5.41, 5.74) is 0.387. The zero-order valence-corrected chi connectivity index (χ0v) is 21.1. The minimum absolute atomic E-state index is 0.387. The molecule has 0 heterocycles. The Morgan fingerprint density at radius 2 is 0.909 bits per heavy atom. The predicted octanol–water partition coefficient (Wildman–Crippen LogP) is 5.92. The fourth-order valence-corrected chi connectivity index (χ4v) is 17.7. The summed E-state index contributed by atoms with van der Waals surface area (Å²) < 4.78 is 20.4. The fraction of sp³-hybridized carbons (Fsp3) is 1.00. The Labute approximate surface area is 143 Å². The first-order valence-electron chi connectivity index (χ1n) is 8.62. The minimum atomic E-state index is -2.71. The lowest BCUT2D eigenvalue weighted by atomic mass is 10.1. The van der Waals surface area contributed by atoms with Crippen LogP contribution < -0.4 is 0 Å². The molecule has 0 aromatic heterocycles. The van der Waals surface area contributed by atoms with E-state index in [9.17, 15) is 0 Å². The molecule has 1 unspecified atom stereocenters. The molecule has 0 fully saturated rings. The maximum atomic E-state index is 6.79. The third-order valence-electron chi connectivity index (χ3n) is 3.04. The van der Waals surface area contributed by atoms with Crippen molar-refractivity contribution < 1.29 is 12.3 Å². The summed E-state index contributed by atoms with van der Waals surface area (Å²) in [7, 11) is -7.99. The van der Waals surface area contributed by atoms with Gasteiger partial charge in [0.25, 0.3) is 0 Å². The van der Waals surface area contributed by atoms with E-state index >= 15 is 0 Å². The van der Waals surface area contributed by atoms with Gasteiger partial charge in [-0.25, -0.2) is 0 Å². The van der Waals surface area contributed by atoms with Crippen LogP contribution >= 0.6 is 0 Å². The molecule has 0 aromatic rings. The quantitative estimate of drug-likeness (QED) is 0.465. The van der Waals surface area contributed by atoms with E-state index in [0.29, 0.717) is 11.5 Å². The summed E-state index contributed by atoms with van der Waals surface area (Å²) in [6, 6.07) is 0. The van der Waals surface area contributed by atoms with E-state index in [1.807, 2.05) is 0 Å². The first kappa shape index (κ1) is 22.7. The van der Waals surface area contributed by atoms with Crippen LogP contribution in [0.2, 0.25) is 64.5 Å². The molecule has 134 valence electrons. The first-order valence-corrected chi connectivity index (χ1v) is 20.6. The van der Waals surface area contributed by atoms with Crippen molar-refractivity contribution in [2.45, 2.75) is 91.7 Å². The maximum Gasteiger partial charge on any atom is 0.473 e. The van der Waals surface area contributed by atoms with E-state index in [1.165, 1.54) is 0 Å². The van der Waals surface area contributed by atoms with Crippen LogP contribution in [-0.4, -0.2) is 33.8 Å². The number of hydrogen-bond acceptors (Lipinski definition) is 3. The van der Waals surface area contributed by atoms with Crippen molar-refractivity contribution in [3.63, 3.8) is 0 Å². The SMILES string of the molecule is CCC(C(C)C)[Si](O[Si](C)(C)C)(O[Si](C)(C)C)O[Si](C)(C)C. The topological polar surface area (TPSA) is 27.7 Å². The number of hydrogen-bond donors (Lipinski definition) is 0. The summed E-state index contributed by atoms with van der Waals surface area (Å²) in [5, 5.41) is 0. The van der Waals surface area contributed by atoms with E-state index in [0.717, 1.165) is 6.42 Å². The Kier molecular flexibility index (Phi) is 8.02. The second kappa shape index (κ2) is 7.75. The normalized spacial score (nSPS) is 16.2. The van der Waals surface area contributed by atoms with Crippen LogP contribution in [0, 0.1) is 5.92 Å². The lowest BCUT2D eigenvalue weighted by Gasteiger charge is -2.47. The molecule has 22 heavy (non-hydrogen) atoms. The van der Waals surface area contributed by atoms with E-state index in [4.69, 9.17) is 12.3 Å². The van der Waals surface area contributed by atoms with E-state index < -0.39 is 33.8 Å². The summed E-state index contributed by atoms with van der Waals surface area (Å²) in [6.07, 6.45) is 1.06. The predicted molar refractivity (Wildman–Crippen MR) is 108 cm³/mol. The molecule has 1 atom stereocenters. The van der Waals surface area contributed by atoms with Gasteiger partial charge < -0.3 is 12.3 Å². The monoisotopic (exact) mass is 380 g/mol. The molecular formula is C15H40O3Si4. The summed E-state index contributed by atoms with van der Waals surface area (Å²) in [6.45, 7) is 27.1. The molecule has 0 rings (SSSR count). The average Bonchev–Trinajstić information content (AvgIpc) is 2.06. The third kappa shape index (κ3) is 8.56. The Morgan fingerprint density at radius 1 is 0.636 bits per heavy atom. The van der Waals surface area contributed by atoms with Gasteiger partial charge in [0.1, 0.15) is 0 Å². The van der Waals surface area contributed by atoms with Crippen molar-refractivity contribution in [1.82, 2.24) is 0 Å². The van der Waals surface area contributed by atoms with Gasteiger partial charge in [0.05, 0.1) is 0 Å². The maximum absolute atomic E-state index is 6.79. The van der Waals surface area contributed by atoms with Gasteiger partial charge in [-0.2, -0.15) is 0 Å². The van der Waals surface area contributed by atoms with Crippen LogP contribution in [0.15, 0.2) is 0 Å². The van der Waals surface area contributed by atoms with Crippen molar-refractivity contribution in [2.24, 2.45) is 5.92 Å². The highest BCUT2D eigenvalue weighted by atomic mass is 28.5. The van der Waals surface area contributed by atoms with Gasteiger partial charge in [-0.3, -0.25) is 0 Å². The van der Waals surface area contributed by atoms with Crippen molar-refractivity contribution in [2.75, 3.05) is 0 Å². The van der Waals surface area contributed by atoms with Gasteiger partial charge in [-0.05, 0) is 71.3 Å². The van der Waals surface area contributed by atoms with Crippen LogP contribution in [0.5, 0.6) is 0 Å². The van der Waals surface area contributed by atoms with Gasteiger partial charge in [0, 0.05) is 5.54 Å². The molecule has 7 heteroatoms. The highest BCUT2D eigenvalue weighted by Gasteiger charge is 2.55. The van der Waals surface area contributed by atoms with Gasteiger partial charge in [-0.15, -0.1) is 0 Å². The summed E-state index contributed by atoms with van der Waals surface area (Å²) in [4.78, 5) is 0. The molecule has 0 N–H and O–H groups in total. The van der Waals surface area contributed by atoms with Crippen LogP contribution in [0.25, 0.3) is 0 Å². The van der Waals surface area contributed by atoms with E-state index in [2.05, 4.69) is 79.7 Å². The Bertz CT molecular complexity index is 299. The molecule has 0 aliphatic rings. The Morgan fingerprint density at radius 3 is 1.05 bits per heavy atom. The molecule has 0 aromatic carbocycles.